The number of nitrogens with zero attached hydrogens (tertiary/aromatic N) is 2. The Morgan fingerprint density at radius 2 is 1.73 bits per heavy atom. The van der Waals surface area contributed by atoms with Gasteiger partial charge in [0.15, 0.2) is 11.6 Å². The van der Waals surface area contributed by atoms with E-state index in [1.54, 1.807) is 36.9 Å². The van der Waals surface area contributed by atoms with Gasteiger partial charge in [0.05, 0.1) is 10.9 Å². The van der Waals surface area contributed by atoms with Crippen molar-refractivity contribution in [1.82, 2.24) is 15.0 Å². The summed E-state index contributed by atoms with van der Waals surface area (Å²) in [7, 11) is 0. The van der Waals surface area contributed by atoms with E-state index < -0.39 is 17.5 Å². The predicted octanol–water partition coefficient (Wildman–Crippen LogP) is 5.95. The molecule has 0 fully saturated rings. The van der Waals surface area contributed by atoms with Gasteiger partial charge in [0.1, 0.15) is 17.2 Å². The van der Waals surface area contributed by atoms with Crippen molar-refractivity contribution in [2.75, 3.05) is 5.32 Å². The van der Waals surface area contributed by atoms with Crippen molar-refractivity contribution < 1.29 is 18.3 Å². The third kappa shape index (κ3) is 4.01. The lowest BCUT2D eigenvalue weighted by molar-refractivity contribution is 0.102. The number of ether oxygens (including phenoxy) is 1. The van der Waals surface area contributed by atoms with Crippen molar-refractivity contribution in [1.29, 1.82) is 0 Å². The quantitative estimate of drug-likeness (QED) is 0.353. The standard InChI is InChI=1S/C25H16F2N4O2/c26-19-4-2-1-3-17(19)25(32)31-16-5-6-21(20(27)13-16)33-22-9-12-29-24-23(22)18(14-30-24)15-7-10-28-11-8-15/h1-14H,(H,29,30)(H,31,32). The van der Waals surface area contributed by atoms with E-state index in [9.17, 15) is 13.6 Å². The van der Waals surface area contributed by atoms with Crippen LogP contribution in [0.25, 0.3) is 22.2 Å². The summed E-state index contributed by atoms with van der Waals surface area (Å²) >= 11 is 0. The molecule has 162 valence electrons. The van der Waals surface area contributed by atoms with Gasteiger partial charge in [-0.3, -0.25) is 9.78 Å². The van der Waals surface area contributed by atoms with Crippen molar-refractivity contribution in [2.45, 2.75) is 0 Å². The van der Waals surface area contributed by atoms with E-state index in [1.807, 2.05) is 12.1 Å². The van der Waals surface area contributed by atoms with Gasteiger partial charge >= 0.3 is 0 Å². The van der Waals surface area contributed by atoms with Crippen LogP contribution in [0.4, 0.5) is 14.5 Å². The molecule has 0 saturated heterocycles. The summed E-state index contributed by atoms with van der Waals surface area (Å²) in [5, 5.41) is 3.19. The normalized spacial score (nSPS) is 10.8. The van der Waals surface area contributed by atoms with E-state index in [4.69, 9.17) is 4.74 Å². The van der Waals surface area contributed by atoms with Crippen LogP contribution in [0.5, 0.6) is 11.5 Å². The number of anilines is 1. The fraction of sp³-hybridized carbons (Fsp3) is 0. The summed E-state index contributed by atoms with van der Waals surface area (Å²) in [6.45, 7) is 0. The lowest BCUT2D eigenvalue weighted by atomic mass is 10.1. The highest BCUT2D eigenvalue weighted by Gasteiger charge is 2.16. The van der Waals surface area contributed by atoms with E-state index in [0.717, 1.165) is 17.2 Å². The zero-order chi connectivity index (χ0) is 22.8. The first kappa shape index (κ1) is 20.3. The number of H-pyrrole nitrogens is 1. The molecule has 0 bridgehead atoms. The van der Waals surface area contributed by atoms with Crippen LogP contribution in [0, 0.1) is 11.6 Å². The Morgan fingerprint density at radius 1 is 0.909 bits per heavy atom. The van der Waals surface area contributed by atoms with Crippen LogP contribution < -0.4 is 10.1 Å². The molecule has 5 rings (SSSR count). The maximum absolute atomic E-state index is 14.8. The second kappa shape index (κ2) is 8.51. The van der Waals surface area contributed by atoms with E-state index in [1.165, 1.54) is 30.3 Å². The van der Waals surface area contributed by atoms with E-state index >= 15 is 0 Å². The molecule has 0 radical (unpaired) electrons. The molecule has 33 heavy (non-hydrogen) atoms. The van der Waals surface area contributed by atoms with Crippen LogP contribution in [0.3, 0.4) is 0 Å². The molecule has 0 atom stereocenters. The molecule has 8 heteroatoms. The first-order valence-corrected chi connectivity index (χ1v) is 10.00. The molecule has 2 aromatic carbocycles. The number of fused-ring (bicyclic) bond motifs is 1. The molecule has 0 aliphatic carbocycles. The Balaban J connectivity index is 1.43. The van der Waals surface area contributed by atoms with Gasteiger partial charge in [-0.2, -0.15) is 0 Å². The molecular weight excluding hydrogens is 426 g/mol. The molecule has 6 nitrogen and oxygen atoms in total. The Morgan fingerprint density at radius 3 is 2.52 bits per heavy atom. The minimum Gasteiger partial charge on any atom is -0.453 e. The number of carbonyl (C=O) groups excluding carboxylic acids is 1. The van der Waals surface area contributed by atoms with Gasteiger partial charge in [0.2, 0.25) is 0 Å². The van der Waals surface area contributed by atoms with Crippen molar-refractivity contribution in [3.05, 3.63) is 103 Å². The van der Waals surface area contributed by atoms with E-state index in [-0.39, 0.29) is 17.0 Å². The number of aromatic amines is 1. The van der Waals surface area contributed by atoms with Crippen LogP contribution in [0.15, 0.2) is 85.5 Å². The molecule has 0 unspecified atom stereocenters. The number of aromatic nitrogens is 3. The van der Waals surface area contributed by atoms with Crippen LogP contribution in [-0.2, 0) is 0 Å². The van der Waals surface area contributed by atoms with Crippen molar-refractivity contribution in [3.63, 3.8) is 0 Å². The molecule has 0 aliphatic heterocycles. The third-order valence-corrected chi connectivity index (χ3v) is 5.05. The maximum atomic E-state index is 14.8. The Labute approximate surface area is 186 Å². The summed E-state index contributed by atoms with van der Waals surface area (Å²) in [6, 6.07) is 14.9. The predicted molar refractivity (Wildman–Crippen MR) is 120 cm³/mol. The number of benzene rings is 2. The first-order valence-electron chi connectivity index (χ1n) is 10.00. The van der Waals surface area contributed by atoms with Gasteiger partial charge in [-0.15, -0.1) is 0 Å². The fourth-order valence-corrected chi connectivity index (χ4v) is 3.49. The average molecular weight is 442 g/mol. The Kier molecular flexibility index (Phi) is 5.24. The number of rotatable bonds is 5. The number of amides is 1. The molecule has 0 saturated carbocycles. The number of pyridine rings is 2. The summed E-state index contributed by atoms with van der Waals surface area (Å²) < 4.78 is 34.5. The van der Waals surface area contributed by atoms with Crippen molar-refractivity contribution >= 4 is 22.6 Å². The topological polar surface area (TPSA) is 79.9 Å². The monoisotopic (exact) mass is 442 g/mol. The summed E-state index contributed by atoms with van der Waals surface area (Å²) in [5.74, 6) is -1.64. The molecule has 3 aromatic heterocycles. The van der Waals surface area contributed by atoms with Gasteiger partial charge < -0.3 is 15.0 Å². The highest BCUT2D eigenvalue weighted by atomic mass is 19.1. The summed E-state index contributed by atoms with van der Waals surface area (Å²) in [6.07, 6.45) is 6.72. The van der Waals surface area contributed by atoms with Gasteiger partial charge in [-0.05, 0) is 48.0 Å². The van der Waals surface area contributed by atoms with Crippen molar-refractivity contribution in [2.24, 2.45) is 0 Å². The lowest BCUT2D eigenvalue weighted by Crippen LogP contribution is -2.13. The fourth-order valence-electron chi connectivity index (χ4n) is 3.49. The van der Waals surface area contributed by atoms with Gasteiger partial charge in [0.25, 0.3) is 5.91 Å². The molecule has 1 amide bonds. The lowest BCUT2D eigenvalue weighted by Gasteiger charge is -2.11. The highest BCUT2D eigenvalue weighted by molar-refractivity contribution is 6.04. The largest absolute Gasteiger partial charge is 0.453 e. The molecular formula is C25H16F2N4O2. The molecule has 3 heterocycles. The minimum absolute atomic E-state index is 0.0340. The van der Waals surface area contributed by atoms with E-state index in [2.05, 4.69) is 20.3 Å². The van der Waals surface area contributed by atoms with Crippen molar-refractivity contribution in [3.8, 4) is 22.6 Å². The Bertz CT molecular complexity index is 1470. The molecule has 2 N–H and O–H groups in total. The number of nitrogens with one attached hydrogen (secondary N) is 2. The number of hydrogen-bond acceptors (Lipinski definition) is 4. The highest BCUT2D eigenvalue weighted by Crippen LogP contribution is 2.37. The van der Waals surface area contributed by atoms with Gasteiger partial charge in [0, 0.05) is 42.1 Å². The molecule has 0 spiro atoms. The molecule has 5 aromatic rings. The van der Waals surface area contributed by atoms with E-state index in [0.29, 0.717) is 16.8 Å². The van der Waals surface area contributed by atoms with Crippen LogP contribution >= 0.6 is 0 Å². The summed E-state index contributed by atoms with van der Waals surface area (Å²) in [5.41, 5.74) is 2.37. The number of carbonyl (C=O) groups is 1. The maximum Gasteiger partial charge on any atom is 0.258 e. The van der Waals surface area contributed by atoms with Gasteiger partial charge in [-0.25, -0.2) is 13.8 Å². The third-order valence-electron chi connectivity index (χ3n) is 5.05. The smallest absolute Gasteiger partial charge is 0.258 e. The average Bonchev–Trinajstić information content (AvgIpc) is 3.27. The first-order chi connectivity index (χ1) is 16.1. The second-order valence-corrected chi connectivity index (χ2v) is 7.15. The zero-order valence-electron chi connectivity index (χ0n) is 17.0. The summed E-state index contributed by atoms with van der Waals surface area (Å²) in [4.78, 5) is 23.7. The Hall–Kier alpha value is -4.59. The van der Waals surface area contributed by atoms with Gasteiger partial charge in [-0.1, -0.05) is 12.1 Å². The van der Waals surface area contributed by atoms with Crippen LogP contribution in [-0.4, -0.2) is 20.9 Å². The number of halogens is 2. The minimum atomic E-state index is -0.688. The SMILES string of the molecule is O=C(Nc1ccc(Oc2ccnc3[nH]cc(-c4ccncc4)c23)c(F)c1)c1ccccc1F. The zero-order valence-corrected chi connectivity index (χ0v) is 17.0. The molecule has 0 aliphatic rings. The van der Waals surface area contributed by atoms with Crippen LogP contribution in [0.2, 0.25) is 0 Å². The second-order valence-electron chi connectivity index (χ2n) is 7.15. The van der Waals surface area contributed by atoms with Crippen LogP contribution in [0.1, 0.15) is 10.4 Å². The number of hydrogen-bond donors (Lipinski definition) is 2.